The maximum Gasteiger partial charge on any atom is 0.329 e. The molecule has 0 bridgehead atoms. The average molecular weight is 428 g/mol. The second-order valence-corrected chi connectivity index (χ2v) is 10.7. The van der Waals surface area contributed by atoms with Crippen LogP contribution in [0.15, 0.2) is 29.1 Å². The molecule has 3 aliphatic rings. The van der Waals surface area contributed by atoms with Crippen LogP contribution in [0.3, 0.4) is 0 Å². The molecule has 6 nitrogen and oxygen atoms in total. The first kappa shape index (κ1) is 21.2. The second-order valence-electron chi connectivity index (χ2n) is 10.7. The standard InChI is InChI=1S/C25H37N3O3/c1-24(31,18-29)17-27-21-7-2-3-8-22(21)28(23(27)30)20-9-14-26(15-10-20)16-19-6-4-5-11-25(19)12-13-25/h2-3,7-8,19-20,29,31H,4-6,9-18H2,1H3/t19-,24?/m1/s1. The predicted octanol–water partition coefficient (Wildman–Crippen LogP) is 3.15. The molecule has 31 heavy (non-hydrogen) atoms. The number of piperidine rings is 1. The molecular weight excluding hydrogens is 390 g/mol. The Bertz CT molecular complexity index is 980. The maximum absolute atomic E-state index is 13.4. The zero-order chi connectivity index (χ0) is 21.6. The molecule has 1 unspecified atom stereocenters. The molecule has 2 aromatic rings. The monoisotopic (exact) mass is 427 g/mol. The van der Waals surface area contributed by atoms with Crippen LogP contribution >= 0.6 is 0 Å². The minimum atomic E-state index is -1.32. The Labute approximate surface area is 184 Å². The number of para-hydroxylation sites is 2. The van der Waals surface area contributed by atoms with Crippen molar-refractivity contribution in [1.82, 2.24) is 14.0 Å². The summed E-state index contributed by atoms with van der Waals surface area (Å²) in [6.07, 6.45) is 10.5. The van der Waals surface area contributed by atoms with Gasteiger partial charge in [0.2, 0.25) is 0 Å². The molecule has 2 atom stereocenters. The van der Waals surface area contributed by atoms with Crippen molar-refractivity contribution in [2.45, 2.75) is 76.5 Å². The van der Waals surface area contributed by atoms with Crippen LogP contribution in [0.5, 0.6) is 0 Å². The van der Waals surface area contributed by atoms with Crippen molar-refractivity contribution < 1.29 is 10.2 Å². The van der Waals surface area contributed by atoms with Crippen molar-refractivity contribution in [2.75, 3.05) is 26.2 Å². The summed E-state index contributed by atoms with van der Waals surface area (Å²) in [5.74, 6) is 0.878. The Morgan fingerprint density at radius 2 is 1.77 bits per heavy atom. The highest BCUT2D eigenvalue weighted by Gasteiger charge is 2.50. The minimum absolute atomic E-state index is 0.0717. The number of rotatable bonds is 6. The SMILES string of the molecule is CC(O)(CO)Cn1c(=O)n(C2CCN(C[C@H]3CCCCC34CC4)CC2)c2ccccc21. The van der Waals surface area contributed by atoms with Gasteiger partial charge in [0.1, 0.15) is 5.60 Å². The van der Waals surface area contributed by atoms with E-state index in [-0.39, 0.29) is 24.9 Å². The number of fused-ring (bicyclic) bond motifs is 1. The molecule has 170 valence electrons. The summed E-state index contributed by atoms with van der Waals surface area (Å²) in [7, 11) is 0. The Morgan fingerprint density at radius 3 is 2.45 bits per heavy atom. The van der Waals surface area contributed by atoms with E-state index in [1.165, 1.54) is 45.1 Å². The van der Waals surface area contributed by atoms with E-state index in [0.717, 1.165) is 42.9 Å². The van der Waals surface area contributed by atoms with E-state index in [9.17, 15) is 15.0 Å². The Balaban J connectivity index is 1.33. The molecule has 2 saturated carbocycles. The molecule has 6 heteroatoms. The Morgan fingerprint density at radius 1 is 1.06 bits per heavy atom. The first-order valence-corrected chi connectivity index (χ1v) is 12.2. The quantitative estimate of drug-likeness (QED) is 0.743. The highest BCUT2D eigenvalue weighted by Crippen LogP contribution is 2.59. The van der Waals surface area contributed by atoms with E-state index in [1.54, 1.807) is 11.5 Å². The molecule has 5 rings (SSSR count). The molecule has 1 spiro atoms. The number of imidazole rings is 1. The van der Waals surface area contributed by atoms with E-state index >= 15 is 0 Å². The number of hydrogen-bond acceptors (Lipinski definition) is 4. The molecule has 3 fully saturated rings. The summed E-state index contributed by atoms with van der Waals surface area (Å²) in [5.41, 5.74) is 1.06. The highest BCUT2D eigenvalue weighted by atomic mass is 16.3. The summed E-state index contributed by atoms with van der Waals surface area (Å²) in [6, 6.07) is 8.03. The Kier molecular flexibility index (Phi) is 5.51. The van der Waals surface area contributed by atoms with Gasteiger partial charge in [0.05, 0.1) is 24.2 Å². The van der Waals surface area contributed by atoms with Gasteiger partial charge in [-0.25, -0.2) is 4.79 Å². The molecule has 1 aliphatic heterocycles. The van der Waals surface area contributed by atoms with Crippen LogP contribution in [-0.2, 0) is 6.54 Å². The van der Waals surface area contributed by atoms with Crippen molar-refractivity contribution in [2.24, 2.45) is 11.3 Å². The summed E-state index contributed by atoms with van der Waals surface area (Å²) < 4.78 is 3.58. The highest BCUT2D eigenvalue weighted by molar-refractivity contribution is 5.76. The topological polar surface area (TPSA) is 70.6 Å². The number of aliphatic hydroxyl groups is 2. The van der Waals surface area contributed by atoms with Crippen molar-refractivity contribution in [3.63, 3.8) is 0 Å². The van der Waals surface area contributed by atoms with E-state index < -0.39 is 5.60 Å². The number of benzene rings is 1. The van der Waals surface area contributed by atoms with Crippen LogP contribution in [0.25, 0.3) is 11.0 Å². The van der Waals surface area contributed by atoms with E-state index in [0.29, 0.717) is 5.41 Å². The van der Waals surface area contributed by atoms with Crippen LogP contribution in [0, 0.1) is 11.3 Å². The fourth-order valence-corrected chi connectivity index (χ4v) is 6.28. The fourth-order valence-electron chi connectivity index (χ4n) is 6.28. The van der Waals surface area contributed by atoms with Crippen molar-refractivity contribution in [3.8, 4) is 0 Å². The second kappa shape index (κ2) is 8.05. The molecule has 2 aliphatic carbocycles. The number of aliphatic hydroxyl groups excluding tert-OH is 1. The molecule has 1 aromatic carbocycles. The van der Waals surface area contributed by atoms with Crippen molar-refractivity contribution in [1.29, 1.82) is 0 Å². The Hall–Kier alpha value is -1.63. The third kappa shape index (κ3) is 3.98. The average Bonchev–Trinajstić information content (AvgIpc) is 3.50. The van der Waals surface area contributed by atoms with Gasteiger partial charge in [-0.05, 0) is 68.9 Å². The molecule has 2 N–H and O–H groups in total. The lowest BCUT2D eigenvalue weighted by molar-refractivity contribution is -0.0120. The zero-order valence-electron chi connectivity index (χ0n) is 18.8. The normalized spacial score (nSPS) is 26.4. The van der Waals surface area contributed by atoms with E-state index in [4.69, 9.17) is 0 Å². The lowest BCUT2D eigenvalue weighted by atomic mass is 9.76. The third-order valence-corrected chi connectivity index (χ3v) is 8.34. The molecular formula is C25H37N3O3. The van der Waals surface area contributed by atoms with Gasteiger partial charge in [0, 0.05) is 25.7 Å². The molecule has 1 saturated heterocycles. The van der Waals surface area contributed by atoms with Crippen LogP contribution in [0.4, 0.5) is 0 Å². The zero-order valence-corrected chi connectivity index (χ0v) is 18.8. The van der Waals surface area contributed by atoms with Gasteiger partial charge in [0.15, 0.2) is 0 Å². The van der Waals surface area contributed by atoms with Crippen molar-refractivity contribution >= 4 is 11.0 Å². The number of aromatic nitrogens is 2. The lowest BCUT2D eigenvalue weighted by Crippen LogP contribution is -2.43. The largest absolute Gasteiger partial charge is 0.393 e. The van der Waals surface area contributed by atoms with Crippen molar-refractivity contribution in [3.05, 3.63) is 34.7 Å². The van der Waals surface area contributed by atoms with E-state index in [1.807, 2.05) is 28.8 Å². The van der Waals surface area contributed by atoms with Gasteiger partial charge < -0.3 is 15.1 Å². The maximum atomic E-state index is 13.4. The molecule has 0 radical (unpaired) electrons. The van der Waals surface area contributed by atoms with Crippen LogP contribution in [0.2, 0.25) is 0 Å². The van der Waals surface area contributed by atoms with Gasteiger partial charge in [-0.2, -0.15) is 0 Å². The van der Waals surface area contributed by atoms with Gasteiger partial charge in [-0.1, -0.05) is 25.0 Å². The predicted molar refractivity (Wildman–Crippen MR) is 122 cm³/mol. The molecule has 0 amide bonds. The summed E-state index contributed by atoms with van der Waals surface area (Å²) in [5, 5.41) is 19.9. The fraction of sp³-hybridized carbons (Fsp3) is 0.720. The first-order valence-electron chi connectivity index (χ1n) is 12.2. The smallest absolute Gasteiger partial charge is 0.329 e. The molecule has 1 aromatic heterocycles. The number of nitrogens with zero attached hydrogens (tertiary/aromatic N) is 3. The van der Waals surface area contributed by atoms with Crippen LogP contribution < -0.4 is 5.69 Å². The van der Waals surface area contributed by atoms with Gasteiger partial charge >= 0.3 is 5.69 Å². The first-order chi connectivity index (χ1) is 14.9. The van der Waals surface area contributed by atoms with Gasteiger partial charge in [-0.15, -0.1) is 0 Å². The summed E-state index contributed by atoms with van der Waals surface area (Å²) >= 11 is 0. The van der Waals surface area contributed by atoms with E-state index in [2.05, 4.69) is 4.90 Å². The lowest BCUT2D eigenvalue weighted by Gasteiger charge is -2.39. The summed E-state index contributed by atoms with van der Waals surface area (Å²) in [4.78, 5) is 16.0. The van der Waals surface area contributed by atoms with Crippen LogP contribution in [0.1, 0.15) is 64.3 Å². The number of likely N-dealkylation sites (tertiary alicyclic amines) is 1. The number of hydrogen-bond donors (Lipinski definition) is 2. The molecule has 2 heterocycles. The van der Waals surface area contributed by atoms with Gasteiger partial charge in [0.25, 0.3) is 0 Å². The minimum Gasteiger partial charge on any atom is -0.393 e. The van der Waals surface area contributed by atoms with Crippen LogP contribution in [-0.4, -0.2) is 56.1 Å². The third-order valence-electron chi connectivity index (χ3n) is 8.34. The van der Waals surface area contributed by atoms with Gasteiger partial charge in [-0.3, -0.25) is 9.13 Å². The summed E-state index contributed by atoms with van der Waals surface area (Å²) in [6.45, 7) is 4.64.